The quantitative estimate of drug-likeness (QED) is 0.604. The van der Waals surface area contributed by atoms with E-state index in [9.17, 15) is 0 Å². The molecule has 6 rings (SSSR count). The van der Waals surface area contributed by atoms with Gasteiger partial charge in [0.05, 0.1) is 17.4 Å². The summed E-state index contributed by atoms with van der Waals surface area (Å²) in [5.41, 5.74) is 5.01. The van der Waals surface area contributed by atoms with Crippen LogP contribution in [0.1, 0.15) is 55.1 Å². The van der Waals surface area contributed by atoms with Crippen LogP contribution < -0.4 is 4.90 Å². The van der Waals surface area contributed by atoms with E-state index in [4.69, 9.17) is 9.97 Å². The molecule has 6 nitrogen and oxygen atoms in total. The van der Waals surface area contributed by atoms with Gasteiger partial charge in [-0.2, -0.15) is 0 Å². The summed E-state index contributed by atoms with van der Waals surface area (Å²) in [5, 5.41) is 0. The highest BCUT2D eigenvalue weighted by Gasteiger charge is 2.37. The number of aromatic nitrogens is 3. The Morgan fingerprint density at radius 1 is 1.00 bits per heavy atom. The normalized spacial score (nSPS) is 24.3. The van der Waals surface area contributed by atoms with Gasteiger partial charge >= 0.3 is 0 Å². The maximum Gasteiger partial charge on any atom is 0.138 e. The average molecular weight is 445 g/mol. The van der Waals surface area contributed by atoms with Gasteiger partial charge in [-0.1, -0.05) is 12.1 Å². The zero-order chi connectivity index (χ0) is 22.4. The molecule has 2 saturated heterocycles. The number of anilines is 1. The standard InChI is InChI=1S/C27H36N6/c1-30(2)23-12-16-31(17-13-23)25-9-3-8-24-29-22(19-33(24)25)18-32-15-5-7-21-11-10-20-6-4-14-28-26(20)27(21)32/h3-4,6,8-9,14,19,21,23,27H,5,7,10-13,15-18H2,1-2H3/t21-,27-/m0/s1. The van der Waals surface area contributed by atoms with Gasteiger partial charge in [0.1, 0.15) is 11.5 Å². The Kier molecular flexibility index (Phi) is 5.59. The predicted molar refractivity (Wildman–Crippen MR) is 133 cm³/mol. The Morgan fingerprint density at radius 2 is 1.88 bits per heavy atom. The van der Waals surface area contributed by atoms with Crippen LogP contribution in [0, 0.1) is 5.92 Å². The fourth-order valence-electron chi connectivity index (χ4n) is 6.50. The summed E-state index contributed by atoms with van der Waals surface area (Å²) in [4.78, 5) is 17.5. The fourth-order valence-corrected chi connectivity index (χ4v) is 6.50. The molecular formula is C27H36N6. The topological polar surface area (TPSA) is 39.9 Å². The van der Waals surface area contributed by atoms with E-state index in [1.165, 1.54) is 61.3 Å². The average Bonchev–Trinajstić information content (AvgIpc) is 3.26. The summed E-state index contributed by atoms with van der Waals surface area (Å²) in [6.45, 7) is 4.25. The molecule has 3 aromatic heterocycles. The van der Waals surface area contributed by atoms with Gasteiger partial charge in [-0.25, -0.2) is 4.98 Å². The van der Waals surface area contributed by atoms with E-state index in [0.717, 1.165) is 37.7 Å². The van der Waals surface area contributed by atoms with Gasteiger partial charge in [0.25, 0.3) is 0 Å². The Bertz CT molecular complexity index is 1110. The zero-order valence-electron chi connectivity index (χ0n) is 20.0. The van der Waals surface area contributed by atoms with Crippen LogP contribution in [0.25, 0.3) is 5.65 Å². The molecule has 2 atom stereocenters. The highest BCUT2D eigenvalue weighted by Crippen LogP contribution is 2.43. The summed E-state index contributed by atoms with van der Waals surface area (Å²) >= 11 is 0. The van der Waals surface area contributed by atoms with Gasteiger partial charge in [0.15, 0.2) is 0 Å². The summed E-state index contributed by atoms with van der Waals surface area (Å²) in [7, 11) is 4.41. The number of piperidine rings is 2. The Labute approximate surface area is 197 Å². The lowest BCUT2D eigenvalue weighted by Crippen LogP contribution is -2.42. The summed E-state index contributed by atoms with van der Waals surface area (Å²) in [5.74, 6) is 2.01. The molecule has 0 unspecified atom stereocenters. The molecule has 174 valence electrons. The van der Waals surface area contributed by atoms with Crippen molar-refractivity contribution in [3.05, 3.63) is 59.7 Å². The molecule has 0 spiro atoms. The number of hydrogen-bond acceptors (Lipinski definition) is 5. The Morgan fingerprint density at radius 3 is 2.73 bits per heavy atom. The number of likely N-dealkylation sites (tertiary alicyclic amines) is 1. The molecule has 3 aromatic rings. The van der Waals surface area contributed by atoms with Crippen LogP contribution in [-0.4, -0.2) is 63.9 Å². The lowest BCUT2D eigenvalue weighted by atomic mass is 9.77. The van der Waals surface area contributed by atoms with Crippen molar-refractivity contribution in [3.8, 4) is 0 Å². The molecule has 33 heavy (non-hydrogen) atoms. The second-order valence-corrected chi connectivity index (χ2v) is 10.4. The molecule has 2 aliphatic heterocycles. The van der Waals surface area contributed by atoms with E-state index in [2.05, 4.69) is 69.7 Å². The van der Waals surface area contributed by atoms with Gasteiger partial charge in [-0.3, -0.25) is 14.3 Å². The smallest absolute Gasteiger partial charge is 0.138 e. The maximum atomic E-state index is 5.07. The summed E-state index contributed by atoms with van der Waals surface area (Å²) < 4.78 is 2.32. The maximum absolute atomic E-state index is 5.07. The SMILES string of the molecule is CN(C)C1CCN(c2cccc3nc(CN4CCC[C@H]5CCc6cccnc6[C@H]54)cn23)CC1. The number of pyridine rings is 2. The molecule has 0 amide bonds. The monoisotopic (exact) mass is 444 g/mol. The van der Waals surface area contributed by atoms with E-state index in [1.807, 2.05) is 6.20 Å². The van der Waals surface area contributed by atoms with Crippen LogP contribution >= 0.6 is 0 Å². The largest absolute Gasteiger partial charge is 0.358 e. The first-order chi connectivity index (χ1) is 16.2. The second kappa shape index (κ2) is 8.73. The lowest BCUT2D eigenvalue weighted by Gasteiger charge is -2.44. The van der Waals surface area contributed by atoms with Gasteiger partial charge in [-0.05, 0) is 88.8 Å². The third kappa shape index (κ3) is 3.93. The fraction of sp³-hybridized carbons (Fsp3) is 0.556. The van der Waals surface area contributed by atoms with E-state index >= 15 is 0 Å². The number of rotatable bonds is 4. The molecule has 3 aliphatic rings. The second-order valence-electron chi connectivity index (χ2n) is 10.4. The number of nitrogens with zero attached hydrogens (tertiary/aromatic N) is 6. The third-order valence-electron chi connectivity index (χ3n) is 8.26. The molecule has 0 radical (unpaired) electrons. The first kappa shape index (κ1) is 21.1. The number of imidazole rings is 1. The molecule has 0 bridgehead atoms. The molecular weight excluding hydrogens is 408 g/mol. The highest BCUT2D eigenvalue weighted by molar-refractivity contribution is 5.53. The van der Waals surface area contributed by atoms with Crippen molar-refractivity contribution in [2.75, 3.05) is 38.6 Å². The molecule has 6 heteroatoms. The zero-order valence-corrected chi connectivity index (χ0v) is 20.0. The van der Waals surface area contributed by atoms with Crippen molar-refractivity contribution in [2.45, 2.75) is 57.2 Å². The van der Waals surface area contributed by atoms with Crippen LogP contribution in [-0.2, 0) is 13.0 Å². The minimum Gasteiger partial charge on any atom is -0.358 e. The molecule has 5 heterocycles. The third-order valence-corrected chi connectivity index (χ3v) is 8.26. The van der Waals surface area contributed by atoms with Gasteiger partial charge in [-0.15, -0.1) is 0 Å². The number of hydrogen-bond donors (Lipinski definition) is 0. The first-order valence-electron chi connectivity index (χ1n) is 12.7. The van der Waals surface area contributed by atoms with E-state index in [1.54, 1.807) is 0 Å². The minimum atomic E-state index is 0.443. The van der Waals surface area contributed by atoms with Gasteiger partial charge in [0, 0.05) is 38.1 Å². The minimum absolute atomic E-state index is 0.443. The van der Waals surface area contributed by atoms with E-state index < -0.39 is 0 Å². The van der Waals surface area contributed by atoms with Crippen molar-refractivity contribution in [2.24, 2.45) is 5.92 Å². The Balaban J connectivity index is 1.26. The first-order valence-corrected chi connectivity index (χ1v) is 12.7. The van der Waals surface area contributed by atoms with E-state index in [0.29, 0.717) is 12.1 Å². The van der Waals surface area contributed by atoms with Crippen molar-refractivity contribution in [3.63, 3.8) is 0 Å². The molecule has 2 fully saturated rings. The van der Waals surface area contributed by atoms with Crippen molar-refractivity contribution in [1.29, 1.82) is 0 Å². The molecule has 0 aromatic carbocycles. The van der Waals surface area contributed by atoms with Gasteiger partial charge < -0.3 is 9.80 Å². The Hall–Kier alpha value is -2.44. The van der Waals surface area contributed by atoms with Crippen molar-refractivity contribution >= 4 is 11.5 Å². The lowest BCUT2D eigenvalue weighted by molar-refractivity contribution is 0.0687. The molecule has 1 aliphatic carbocycles. The van der Waals surface area contributed by atoms with Gasteiger partial charge in [0.2, 0.25) is 0 Å². The summed E-state index contributed by atoms with van der Waals surface area (Å²) in [6, 6.07) is 12.1. The van der Waals surface area contributed by atoms with E-state index in [-0.39, 0.29) is 0 Å². The number of fused-ring (bicyclic) bond motifs is 4. The summed E-state index contributed by atoms with van der Waals surface area (Å²) in [6.07, 6.45) is 11.8. The predicted octanol–water partition coefficient (Wildman–Crippen LogP) is 4.16. The molecule has 0 N–H and O–H groups in total. The van der Waals surface area contributed by atoms with Crippen LogP contribution in [0.2, 0.25) is 0 Å². The molecule has 0 saturated carbocycles. The van der Waals surface area contributed by atoms with Crippen molar-refractivity contribution < 1.29 is 0 Å². The van der Waals surface area contributed by atoms with Crippen LogP contribution in [0.3, 0.4) is 0 Å². The van der Waals surface area contributed by atoms with Crippen LogP contribution in [0.4, 0.5) is 5.82 Å². The van der Waals surface area contributed by atoms with Crippen LogP contribution in [0.15, 0.2) is 42.7 Å². The highest BCUT2D eigenvalue weighted by atomic mass is 15.3. The number of aryl methyl sites for hydroxylation is 1. The van der Waals surface area contributed by atoms with Crippen molar-refractivity contribution in [1.82, 2.24) is 24.2 Å². The van der Waals surface area contributed by atoms with Crippen LogP contribution in [0.5, 0.6) is 0 Å².